The minimum Gasteiger partial charge on any atom is -0.369 e. The van der Waals surface area contributed by atoms with Gasteiger partial charge in [0.05, 0.1) is 16.5 Å². The summed E-state index contributed by atoms with van der Waals surface area (Å²) >= 11 is 1.42. The summed E-state index contributed by atoms with van der Waals surface area (Å²) in [6.45, 7) is 5.56. The van der Waals surface area contributed by atoms with Crippen LogP contribution in [0.15, 0.2) is 10.9 Å². The van der Waals surface area contributed by atoms with Gasteiger partial charge in [0.1, 0.15) is 11.6 Å². The number of carbonyl (C=O) groups is 3. The summed E-state index contributed by atoms with van der Waals surface area (Å²) in [7, 11) is 0. The van der Waals surface area contributed by atoms with Crippen LogP contribution >= 0.6 is 11.3 Å². The molecule has 0 unspecified atom stereocenters. The third-order valence-electron chi connectivity index (χ3n) is 5.69. The topological polar surface area (TPSA) is 147 Å². The van der Waals surface area contributed by atoms with Crippen molar-refractivity contribution in [1.29, 1.82) is 0 Å². The van der Waals surface area contributed by atoms with Crippen LogP contribution in [0.3, 0.4) is 0 Å². The SMILES string of the molecule is CC(=O)CC[C@H](NC(=O)c1cc(C)c(CC[C@@H]2CNc3nc(N)[nH]c(=O)c3C2)s1)C(C)=O. The fourth-order valence-electron chi connectivity index (χ4n) is 3.83. The molecule has 5 N–H and O–H groups in total. The van der Waals surface area contributed by atoms with Gasteiger partial charge in [-0.3, -0.25) is 19.4 Å². The summed E-state index contributed by atoms with van der Waals surface area (Å²) in [5.41, 5.74) is 7.04. The molecule has 2 atom stereocenters. The Morgan fingerprint density at radius 3 is 2.78 bits per heavy atom. The smallest absolute Gasteiger partial charge is 0.261 e. The van der Waals surface area contributed by atoms with E-state index in [0.717, 1.165) is 23.3 Å². The molecule has 9 nitrogen and oxygen atoms in total. The van der Waals surface area contributed by atoms with Gasteiger partial charge in [-0.05, 0) is 64.0 Å². The molecule has 0 aliphatic carbocycles. The van der Waals surface area contributed by atoms with Gasteiger partial charge in [-0.1, -0.05) is 0 Å². The fourth-order valence-corrected chi connectivity index (χ4v) is 4.92. The van der Waals surface area contributed by atoms with Crippen molar-refractivity contribution < 1.29 is 14.4 Å². The maximum absolute atomic E-state index is 12.7. The highest BCUT2D eigenvalue weighted by atomic mass is 32.1. The van der Waals surface area contributed by atoms with E-state index in [9.17, 15) is 19.2 Å². The number of hydrogen-bond acceptors (Lipinski definition) is 8. The van der Waals surface area contributed by atoms with Crippen LogP contribution in [0.2, 0.25) is 0 Å². The van der Waals surface area contributed by atoms with Gasteiger partial charge in [-0.2, -0.15) is 4.98 Å². The molecular weight excluding hydrogens is 430 g/mol. The van der Waals surface area contributed by atoms with Crippen molar-refractivity contribution in [3.05, 3.63) is 37.3 Å². The number of aromatic amines is 1. The highest BCUT2D eigenvalue weighted by molar-refractivity contribution is 7.14. The zero-order valence-corrected chi connectivity index (χ0v) is 19.4. The molecule has 32 heavy (non-hydrogen) atoms. The number of nitrogens with zero attached hydrogens (tertiary/aromatic N) is 1. The number of thiophene rings is 1. The summed E-state index contributed by atoms with van der Waals surface area (Å²) in [5.74, 6) is 0.454. The molecule has 1 aliphatic heterocycles. The molecular formula is C22H29N5O4S. The molecule has 1 amide bonds. The number of aromatic nitrogens is 2. The van der Waals surface area contributed by atoms with Crippen LogP contribution in [-0.4, -0.2) is 40.0 Å². The predicted octanol–water partition coefficient (Wildman–Crippen LogP) is 2.00. The number of Topliss-reactive ketones (excluding diaryl/α,β-unsaturated/α-hetero) is 2. The van der Waals surface area contributed by atoms with Crippen LogP contribution in [0.1, 0.15) is 58.8 Å². The third kappa shape index (κ3) is 5.82. The van der Waals surface area contributed by atoms with Crippen LogP contribution < -0.4 is 21.9 Å². The maximum Gasteiger partial charge on any atom is 0.261 e. The number of ketones is 2. The number of nitrogens with one attached hydrogen (secondary N) is 3. The van der Waals surface area contributed by atoms with Crippen LogP contribution in [0.4, 0.5) is 11.8 Å². The Labute approximate surface area is 190 Å². The summed E-state index contributed by atoms with van der Waals surface area (Å²) < 4.78 is 0. The van der Waals surface area contributed by atoms with E-state index < -0.39 is 6.04 Å². The number of H-pyrrole nitrogens is 1. The zero-order chi connectivity index (χ0) is 23.4. The molecule has 2 aromatic heterocycles. The first-order valence-corrected chi connectivity index (χ1v) is 11.5. The second-order valence-electron chi connectivity index (χ2n) is 8.36. The van der Waals surface area contributed by atoms with E-state index in [1.807, 2.05) is 13.0 Å². The van der Waals surface area contributed by atoms with E-state index in [1.165, 1.54) is 25.2 Å². The molecule has 172 valence electrons. The number of nitrogens with two attached hydrogens (primary N) is 1. The molecule has 0 saturated carbocycles. The Balaban J connectivity index is 1.60. The van der Waals surface area contributed by atoms with Gasteiger partial charge >= 0.3 is 0 Å². The summed E-state index contributed by atoms with van der Waals surface area (Å²) in [5, 5.41) is 5.95. The second kappa shape index (κ2) is 10.1. The van der Waals surface area contributed by atoms with Crippen molar-refractivity contribution in [1.82, 2.24) is 15.3 Å². The normalized spacial score (nSPS) is 16.0. The molecule has 2 aromatic rings. The molecule has 1 aliphatic rings. The second-order valence-corrected chi connectivity index (χ2v) is 9.50. The van der Waals surface area contributed by atoms with Crippen LogP contribution in [-0.2, 0) is 22.4 Å². The van der Waals surface area contributed by atoms with Gasteiger partial charge in [0.2, 0.25) is 5.95 Å². The molecule has 0 saturated heterocycles. The lowest BCUT2D eigenvalue weighted by molar-refractivity contribution is -0.119. The van der Waals surface area contributed by atoms with Gasteiger partial charge in [0.15, 0.2) is 5.78 Å². The quantitative estimate of drug-likeness (QED) is 0.448. The lowest BCUT2D eigenvalue weighted by Gasteiger charge is -2.24. The Hall–Kier alpha value is -3.01. The number of hydrogen-bond donors (Lipinski definition) is 4. The Bertz CT molecular complexity index is 1090. The summed E-state index contributed by atoms with van der Waals surface area (Å²) in [4.78, 5) is 56.2. The number of anilines is 2. The first-order valence-electron chi connectivity index (χ1n) is 10.7. The number of fused-ring (bicyclic) bond motifs is 1. The molecule has 0 bridgehead atoms. The van der Waals surface area contributed by atoms with Crippen molar-refractivity contribution in [3.63, 3.8) is 0 Å². The van der Waals surface area contributed by atoms with E-state index >= 15 is 0 Å². The highest BCUT2D eigenvalue weighted by Gasteiger charge is 2.24. The minimum absolute atomic E-state index is 0.0131. The van der Waals surface area contributed by atoms with E-state index in [1.54, 1.807) is 0 Å². The molecule has 0 radical (unpaired) electrons. The van der Waals surface area contributed by atoms with Gasteiger partial charge in [-0.25, -0.2) is 0 Å². The van der Waals surface area contributed by atoms with Gasteiger partial charge in [-0.15, -0.1) is 11.3 Å². The summed E-state index contributed by atoms with van der Waals surface area (Å²) in [6, 6.07) is 1.18. The van der Waals surface area contributed by atoms with Crippen molar-refractivity contribution in [2.75, 3.05) is 17.6 Å². The summed E-state index contributed by atoms with van der Waals surface area (Å²) in [6.07, 6.45) is 2.82. The fraction of sp³-hybridized carbons (Fsp3) is 0.500. The van der Waals surface area contributed by atoms with Gasteiger partial charge < -0.3 is 21.2 Å². The van der Waals surface area contributed by atoms with Crippen LogP contribution in [0, 0.1) is 12.8 Å². The highest BCUT2D eigenvalue weighted by Crippen LogP contribution is 2.28. The molecule has 3 rings (SSSR count). The number of aryl methyl sites for hydroxylation is 2. The first kappa shape index (κ1) is 23.6. The van der Waals surface area contributed by atoms with Crippen molar-refractivity contribution in [2.45, 2.75) is 58.9 Å². The molecule has 0 fully saturated rings. The van der Waals surface area contributed by atoms with Crippen LogP contribution in [0.25, 0.3) is 0 Å². The molecule has 10 heteroatoms. The van der Waals surface area contributed by atoms with Crippen LogP contribution in [0.5, 0.6) is 0 Å². The Kier molecular flexibility index (Phi) is 7.44. The van der Waals surface area contributed by atoms with Crippen molar-refractivity contribution >= 4 is 40.6 Å². The molecule has 3 heterocycles. The van der Waals surface area contributed by atoms with Crippen molar-refractivity contribution in [2.24, 2.45) is 5.92 Å². The van der Waals surface area contributed by atoms with E-state index in [-0.39, 0.29) is 41.3 Å². The number of amides is 1. The lowest BCUT2D eigenvalue weighted by Crippen LogP contribution is -2.39. The Morgan fingerprint density at radius 2 is 2.09 bits per heavy atom. The minimum atomic E-state index is -0.661. The van der Waals surface area contributed by atoms with E-state index in [4.69, 9.17) is 5.73 Å². The maximum atomic E-state index is 12.7. The number of carbonyl (C=O) groups excluding carboxylic acids is 3. The van der Waals surface area contributed by atoms with E-state index in [2.05, 4.69) is 20.6 Å². The zero-order valence-electron chi connectivity index (χ0n) is 18.5. The number of rotatable bonds is 9. The number of nitrogen functional groups attached to an aromatic ring is 1. The van der Waals surface area contributed by atoms with E-state index in [0.29, 0.717) is 35.6 Å². The lowest BCUT2D eigenvalue weighted by atomic mass is 9.92. The molecule has 0 aromatic carbocycles. The van der Waals surface area contributed by atoms with Gasteiger partial charge in [0, 0.05) is 17.8 Å². The van der Waals surface area contributed by atoms with Crippen molar-refractivity contribution in [3.8, 4) is 0 Å². The predicted molar refractivity (Wildman–Crippen MR) is 124 cm³/mol. The average Bonchev–Trinajstić information content (AvgIpc) is 3.10. The molecule has 0 spiro atoms. The third-order valence-corrected chi connectivity index (χ3v) is 6.99. The Morgan fingerprint density at radius 1 is 1.34 bits per heavy atom. The standard InChI is InChI=1S/C22H29N5O4S/c1-11-8-18(21(31)25-16(13(3)29)6-4-12(2)28)32-17(11)7-5-14-9-15-19(24-10-14)26-22(23)27-20(15)30/h8,14,16H,4-7,9-10H2,1-3H3,(H,25,31)(H4,23,24,26,27,30)/t14-,16-/m0/s1. The van der Waals surface area contributed by atoms with Gasteiger partial charge in [0.25, 0.3) is 11.5 Å². The first-order chi connectivity index (χ1) is 15.1. The monoisotopic (exact) mass is 459 g/mol. The average molecular weight is 460 g/mol. The largest absolute Gasteiger partial charge is 0.369 e.